The number of hydrogen-bond donors (Lipinski definition) is 2. The molecule has 0 amide bonds. The molecule has 0 saturated heterocycles. The monoisotopic (exact) mass is 238 g/mol. The molecule has 6 heteroatoms. The fraction of sp³-hybridized carbons (Fsp3) is 0.0909. The molecule has 0 bridgehead atoms. The minimum Gasteiger partial charge on any atom is -0.497 e. The van der Waals surface area contributed by atoms with E-state index in [1.807, 2.05) is 0 Å². The Bertz CT molecular complexity index is 572. The molecule has 0 saturated carbocycles. The summed E-state index contributed by atoms with van der Waals surface area (Å²) in [6.07, 6.45) is 0. The van der Waals surface area contributed by atoms with Crippen molar-refractivity contribution in [3.63, 3.8) is 0 Å². The summed E-state index contributed by atoms with van der Waals surface area (Å²) < 4.78 is 31.7. The molecule has 2 rings (SSSR count). The van der Waals surface area contributed by atoms with Gasteiger partial charge in [0.2, 0.25) is 0 Å². The highest BCUT2D eigenvalue weighted by Gasteiger charge is 2.20. The van der Waals surface area contributed by atoms with Gasteiger partial charge in [-0.1, -0.05) is 6.07 Å². The first-order chi connectivity index (χ1) is 8.04. The number of ether oxygens (including phenoxy) is 1. The van der Waals surface area contributed by atoms with Gasteiger partial charge in [-0.25, -0.2) is 8.78 Å². The van der Waals surface area contributed by atoms with Gasteiger partial charge < -0.3 is 14.8 Å². The fourth-order valence-electron chi connectivity index (χ4n) is 1.72. The maximum Gasteiger partial charge on any atom is 0.489 e. The Kier molecular flexibility index (Phi) is 3.00. The lowest BCUT2D eigenvalue weighted by atomic mass is 9.77. The lowest BCUT2D eigenvalue weighted by Crippen LogP contribution is -2.31. The molecule has 0 spiro atoms. The van der Waals surface area contributed by atoms with Crippen LogP contribution < -0.4 is 10.2 Å². The quantitative estimate of drug-likeness (QED) is 0.761. The molecule has 88 valence electrons. The van der Waals surface area contributed by atoms with Gasteiger partial charge in [-0.3, -0.25) is 0 Å². The summed E-state index contributed by atoms with van der Waals surface area (Å²) in [7, 11) is -0.502. The standard InChI is InChI=1S/C11H9BF2O3/c1-17-7-4-6-2-3-9(13)11(14)10(6)8(5-7)12(15)16/h2-5,15-16H,1H3. The molecule has 0 aliphatic heterocycles. The summed E-state index contributed by atoms with van der Waals surface area (Å²) in [6, 6.07) is 5.08. The minimum atomic E-state index is -1.90. The van der Waals surface area contributed by atoms with Gasteiger partial charge in [0.25, 0.3) is 0 Å². The van der Waals surface area contributed by atoms with Crippen molar-refractivity contribution in [1.82, 2.24) is 0 Å². The van der Waals surface area contributed by atoms with Gasteiger partial charge in [0.1, 0.15) is 5.75 Å². The van der Waals surface area contributed by atoms with Crippen molar-refractivity contribution in [1.29, 1.82) is 0 Å². The van der Waals surface area contributed by atoms with E-state index < -0.39 is 18.8 Å². The first kappa shape index (κ1) is 11.8. The number of hydrogen-bond acceptors (Lipinski definition) is 3. The first-order valence-electron chi connectivity index (χ1n) is 4.86. The molecule has 0 aliphatic carbocycles. The van der Waals surface area contributed by atoms with Crippen molar-refractivity contribution in [2.75, 3.05) is 7.11 Å². The topological polar surface area (TPSA) is 49.7 Å². The molecular formula is C11H9BF2O3. The maximum absolute atomic E-state index is 13.6. The molecule has 0 fully saturated rings. The van der Waals surface area contributed by atoms with Crippen molar-refractivity contribution >= 4 is 23.4 Å². The van der Waals surface area contributed by atoms with E-state index in [4.69, 9.17) is 14.8 Å². The van der Waals surface area contributed by atoms with Crippen LogP contribution in [0.3, 0.4) is 0 Å². The summed E-state index contributed by atoms with van der Waals surface area (Å²) in [5.41, 5.74) is -0.128. The smallest absolute Gasteiger partial charge is 0.489 e. The van der Waals surface area contributed by atoms with Crippen molar-refractivity contribution < 1.29 is 23.6 Å². The van der Waals surface area contributed by atoms with Gasteiger partial charge in [-0.15, -0.1) is 0 Å². The van der Waals surface area contributed by atoms with Crippen LogP contribution in [0.4, 0.5) is 8.78 Å². The first-order valence-corrected chi connectivity index (χ1v) is 4.86. The van der Waals surface area contributed by atoms with Crippen LogP contribution >= 0.6 is 0 Å². The summed E-state index contributed by atoms with van der Waals surface area (Å²) in [5.74, 6) is -1.80. The van der Waals surface area contributed by atoms with Gasteiger partial charge >= 0.3 is 7.12 Å². The van der Waals surface area contributed by atoms with Crippen LogP contribution in [0.5, 0.6) is 5.75 Å². The van der Waals surface area contributed by atoms with Crippen molar-refractivity contribution in [3.05, 3.63) is 35.9 Å². The Morgan fingerprint density at radius 2 is 1.88 bits per heavy atom. The third-order valence-corrected chi connectivity index (χ3v) is 2.53. The summed E-state index contributed by atoms with van der Waals surface area (Å²) in [4.78, 5) is 0. The average molecular weight is 238 g/mol. The van der Waals surface area contributed by atoms with Crippen molar-refractivity contribution in [2.45, 2.75) is 0 Å². The highest BCUT2D eigenvalue weighted by molar-refractivity contribution is 6.62. The number of rotatable bonds is 2. The van der Waals surface area contributed by atoms with E-state index in [1.165, 1.54) is 25.3 Å². The van der Waals surface area contributed by atoms with Gasteiger partial charge in [0.05, 0.1) is 7.11 Å². The number of benzene rings is 2. The molecule has 0 aliphatic rings. The van der Waals surface area contributed by atoms with E-state index in [0.29, 0.717) is 11.1 Å². The third kappa shape index (κ3) is 1.97. The molecule has 2 aromatic rings. The normalized spacial score (nSPS) is 10.6. The third-order valence-electron chi connectivity index (χ3n) is 2.53. The van der Waals surface area contributed by atoms with Crippen molar-refractivity contribution in [3.8, 4) is 5.75 Å². The molecule has 2 aromatic carbocycles. The van der Waals surface area contributed by atoms with Crippen molar-refractivity contribution in [2.24, 2.45) is 0 Å². The van der Waals surface area contributed by atoms with Crippen LogP contribution in [0.15, 0.2) is 24.3 Å². The summed E-state index contributed by atoms with van der Waals surface area (Å²) >= 11 is 0. The zero-order valence-electron chi connectivity index (χ0n) is 8.95. The zero-order chi connectivity index (χ0) is 12.6. The van der Waals surface area contributed by atoms with Gasteiger partial charge in [0, 0.05) is 5.39 Å². The predicted molar refractivity (Wildman–Crippen MR) is 60.2 cm³/mol. The second-order valence-corrected chi connectivity index (χ2v) is 3.55. The SMILES string of the molecule is COc1cc(B(O)O)c2c(F)c(F)ccc2c1. The van der Waals surface area contributed by atoms with Gasteiger partial charge in [0.15, 0.2) is 11.6 Å². The molecule has 2 N–H and O–H groups in total. The van der Waals surface area contributed by atoms with E-state index in [2.05, 4.69) is 0 Å². The molecule has 0 aromatic heterocycles. The predicted octanol–water partition coefficient (Wildman–Crippen LogP) is 0.806. The van der Waals surface area contributed by atoms with Crippen LogP contribution in [0.1, 0.15) is 0 Å². The number of halogens is 2. The molecule has 0 atom stereocenters. The molecule has 0 unspecified atom stereocenters. The van der Waals surface area contributed by atoms with E-state index in [-0.39, 0.29) is 10.8 Å². The molecular weight excluding hydrogens is 229 g/mol. The average Bonchev–Trinajstić information content (AvgIpc) is 2.32. The van der Waals surface area contributed by atoms with Crippen LogP contribution in [0, 0.1) is 11.6 Å². The zero-order valence-corrected chi connectivity index (χ0v) is 8.95. The number of methoxy groups -OCH3 is 1. The van der Waals surface area contributed by atoms with Crippen LogP contribution in [-0.4, -0.2) is 24.3 Å². The van der Waals surface area contributed by atoms with Crippen LogP contribution in [0.25, 0.3) is 10.8 Å². The van der Waals surface area contributed by atoms with Gasteiger partial charge in [-0.05, 0) is 29.0 Å². The maximum atomic E-state index is 13.6. The Labute approximate surface area is 96.4 Å². The fourth-order valence-corrected chi connectivity index (χ4v) is 1.72. The highest BCUT2D eigenvalue weighted by Crippen LogP contribution is 2.23. The lowest BCUT2D eigenvalue weighted by molar-refractivity contribution is 0.412. The molecule has 0 heterocycles. The molecule has 0 radical (unpaired) electrons. The number of fused-ring (bicyclic) bond motifs is 1. The Balaban J connectivity index is 2.87. The van der Waals surface area contributed by atoms with E-state index in [0.717, 1.165) is 6.07 Å². The highest BCUT2D eigenvalue weighted by atomic mass is 19.2. The summed E-state index contributed by atoms with van der Waals surface area (Å²) in [6.45, 7) is 0. The Morgan fingerprint density at radius 1 is 1.18 bits per heavy atom. The Morgan fingerprint density at radius 3 is 2.47 bits per heavy atom. The van der Waals surface area contributed by atoms with E-state index >= 15 is 0 Å². The largest absolute Gasteiger partial charge is 0.497 e. The second kappa shape index (κ2) is 4.31. The Hall–Kier alpha value is -1.66. The van der Waals surface area contributed by atoms with Gasteiger partial charge in [-0.2, -0.15) is 0 Å². The van der Waals surface area contributed by atoms with E-state index in [9.17, 15) is 8.78 Å². The van der Waals surface area contributed by atoms with Crippen LogP contribution in [0.2, 0.25) is 0 Å². The van der Waals surface area contributed by atoms with E-state index in [1.54, 1.807) is 0 Å². The van der Waals surface area contributed by atoms with Crippen LogP contribution in [-0.2, 0) is 0 Å². The lowest BCUT2D eigenvalue weighted by Gasteiger charge is -2.10. The minimum absolute atomic E-state index is 0.128. The second-order valence-electron chi connectivity index (χ2n) is 3.55. The molecule has 17 heavy (non-hydrogen) atoms. The summed E-state index contributed by atoms with van der Waals surface area (Å²) in [5, 5.41) is 18.5. The molecule has 3 nitrogen and oxygen atoms in total.